The molecule has 2 aromatic rings. The maximum atomic E-state index is 8.99. The lowest BCUT2D eigenvalue weighted by molar-refractivity contribution is 0.425. The lowest BCUT2D eigenvalue weighted by Gasteiger charge is -2.02. The van der Waals surface area contributed by atoms with Crippen LogP contribution in [-0.4, -0.2) is 32.1 Å². The Bertz CT molecular complexity index is 450. The molecule has 0 amide bonds. The summed E-state index contributed by atoms with van der Waals surface area (Å²) in [5.74, 6) is 0. The van der Waals surface area contributed by atoms with Crippen LogP contribution in [-0.2, 0) is 0 Å². The molecule has 15 heavy (non-hydrogen) atoms. The van der Waals surface area contributed by atoms with E-state index in [9.17, 15) is 0 Å². The predicted octanol–water partition coefficient (Wildman–Crippen LogP) is -0.782. The van der Waals surface area contributed by atoms with E-state index in [0.717, 1.165) is 5.56 Å². The molecule has 0 bridgehead atoms. The summed E-state index contributed by atoms with van der Waals surface area (Å²) in [4.78, 5) is 11.8. The van der Waals surface area contributed by atoms with Gasteiger partial charge in [0.05, 0.1) is 5.69 Å². The molecule has 0 aromatic carbocycles. The lowest BCUT2D eigenvalue weighted by Crippen LogP contribution is -2.29. The zero-order chi connectivity index (χ0) is 10.7. The molecule has 5 nitrogen and oxygen atoms in total. The van der Waals surface area contributed by atoms with Crippen LogP contribution in [0.3, 0.4) is 0 Å². The largest absolute Gasteiger partial charge is 0.488 e. The van der Waals surface area contributed by atoms with Gasteiger partial charge in [0.15, 0.2) is 0 Å². The Labute approximate surface area is 86.6 Å². The topological polar surface area (TPSA) is 79.1 Å². The Morgan fingerprint density at radius 2 is 1.87 bits per heavy atom. The third-order valence-electron chi connectivity index (χ3n) is 1.94. The van der Waals surface area contributed by atoms with Gasteiger partial charge in [-0.15, -0.1) is 0 Å². The van der Waals surface area contributed by atoms with Gasteiger partial charge in [-0.2, -0.15) is 0 Å². The van der Waals surface area contributed by atoms with Crippen molar-refractivity contribution in [1.82, 2.24) is 15.0 Å². The molecular formula is C9H8BN3O2. The van der Waals surface area contributed by atoms with Crippen molar-refractivity contribution < 1.29 is 10.0 Å². The number of hydrogen-bond donors (Lipinski definition) is 2. The summed E-state index contributed by atoms with van der Waals surface area (Å²) < 4.78 is 0. The predicted molar refractivity (Wildman–Crippen MR) is 55.1 cm³/mol. The van der Waals surface area contributed by atoms with E-state index in [-0.39, 0.29) is 0 Å². The van der Waals surface area contributed by atoms with Gasteiger partial charge in [-0.1, -0.05) is 0 Å². The second-order valence-electron chi connectivity index (χ2n) is 2.98. The average Bonchev–Trinajstić information content (AvgIpc) is 2.30. The van der Waals surface area contributed by atoms with Crippen LogP contribution < -0.4 is 5.46 Å². The molecule has 2 N–H and O–H groups in total. The van der Waals surface area contributed by atoms with Crippen molar-refractivity contribution in [3.63, 3.8) is 0 Å². The Balaban J connectivity index is 2.42. The highest BCUT2D eigenvalue weighted by atomic mass is 16.4. The SMILES string of the molecule is OB(O)c1ccnc(-c2cncnc2)c1. The summed E-state index contributed by atoms with van der Waals surface area (Å²) >= 11 is 0. The molecule has 0 saturated carbocycles. The molecule has 0 aliphatic carbocycles. The van der Waals surface area contributed by atoms with Crippen molar-refractivity contribution in [3.8, 4) is 11.3 Å². The van der Waals surface area contributed by atoms with E-state index in [1.54, 1.807) is 18.5 Å². The average molecular weight is 201 g/mol. The smallest absolute Gasteiger partial charge is 0.423 e. The standard InChI is InChI=1S/C9H8BN3O2/c14-10(15)8-1-2-13-9(3-8)7-4-11-6-12-5-7/h1-6,14-15H. The summed E-state index contributed by atoms with van der Waals surface area (Å²) in [6.45, 7) is 0. The van der Waals surface area contributed by atoms with Gasteiger partial charge in [0.1, 0.15) is 6.33 Å². The normalized spacial score (nSPS) is 10.0. The summed E-state index contributed by atoms with van der Waals surface area (Å²) in [6, 6.07) is 3.13. The van der Waals surface area contributed by atoms with Gasteiger partial charge in [-0.25, -0.2) is 9.97 Å². The van der Waals surface area contributed by atoms with Gasteiger partial charge in [-0.3, -0.25) is 4.98 Å². The molecule has 0 atom stereocenters. The van der Waals surface area contributed by atoms with E-state index in [4.69, 9.17) is 10.0 Å². The number of rotatable bonds is 2. The van der Waals surface area contributed by atoms with E-state index in [0.29, 0.717) is 11.2 Å². The fraction of sp³-hybridized carbons (Fsp3) is 0. The van der Waals surface area contributed by atoms with Crippen molar-refractivity contribution >= 4 is 12.6 Å². The van der Waals surface area contributed by atoms with Crippen molar-refractivity contribution in [3.05, 3.63) is 37.1 Å². The van der Waals surface area contributed by atoms with E-state index < -0.39 is 7.12 Å². The Hall–Kier alpha value is -1.79. The van der Waals surface area contributed by atoms with Gasteiger partial charge in [0.2, 0.25) is 0 Å². The van der Waals surface area contributed by atoms with Gasteiger partial charge in [-0.05, 0) is 17.6 Å². The molecule has 0 fully saturated rings. The zero-order valence-electron chi connectivity index (χ0n) is 7.78. The Kier molecular flexibility index (Phi) is 2.71. The van der Waals surface area contributed by atoms with Crippen LogP contribution in [0, 0.1) is 0 Å². The summed E-state index contributed by atoms with van der Waals surface area (Å²) in [6.07, 6.45) is 6.16. The molecular weight excluding hydrogens is 193 g/mol. The van der Waals surface area contributed by atoms with E-state index in [1.165, 1.54) is 18.6 Å². The zero-order valence-corrected chi connectivity index (χ0v) is 7.78. The van der Waals surface area contributed by atoms with Crippen LogP contribution in [0.2, 0.25) is 0 Å². The second-order valence-corrected chi connectivity index (χ2v) is 2.98. The molecule has 2 heterocycles. The van der Waals surface area contributed by atoms with Crippen molar-refractivity contribution in [1.29, 1.82) is 0 Å². The molecule has 0 radical (unpaired) electrons. The molecule has 0 spiro atoms. The first-order valence-corrected chi connectivity index (χ1v) is 4.35. The Morgan fingerprint density at radius 3 is 2.53 bits per heavy atom. The number of nitrogens with zero attached hydrogens (tertiary/aromatic N) is 3. The van der Waals surface area contributed by atoms with E-state index >= 15 is 0 Å². The third-order valence-corrected chi connectivity index (χ3v) is 1.94. The molecule has 6 heteroatoms. The van der Waals surface area contributed by atoms with Crippen molar-refractivity contribution in [2.24, 2.45) is 0 Å². The van der Waals surface area contributed by atoms with Crippen LogP contribution in [0.4, 0.5) is 0 Å². The number of pyridine rings is 1. The van der Waals surface area contributed by atoms with E-state index in [2.05, 4.69) is 15.0 Å². The van der Waals surface area contributed by atoms with Gasteiger partial charge in [0.25, 0.3) is 0 Å². The second kappa shape index (κ2) is 4.16. The first kappa shape index (κ1) is 9.76. The van der Waals surface area contributed by atoms with Crippen LogP contribution in [0.5, 0.6) is 0 Å². The third kappa shape index (κ3) is 2.17. The monoisotopic (exact) mass is 201 g/mol. The van der Waals surface area contributed by atoms with E-state index in [1.807, 2.05) is 0 Å². The molecule has 2 aromatic heterocycles. The summed E-state index contributed by atoms with van der Waals surface area (Å²) in [5, 5.41) is 18.0. The Morgan fingerprint density at radius 1 is 1.13 bits per heavy atom. The summed E-state index contributed by atoms with van der Waals surface area (Å²) in [5.41, 5.74) is 1.74. The molecule has 74 valence electrons. The van der Waals surface area contributed by atoms with Gasteiger partial charge in [0, 0.05) is 24.2 Å². The number of hydrogen-bond acceptors (Lipinski definition) is 5. The first-order chi connectivity index (χ1) is 7.27. The maximum absolute atomic E-state index is 8.99. The lowest BCUT2D eigenvalue weighted by atomic mass is 9.80. The summed E-state index contributed by atoms with van der Waals surface area (Å²) in [7, 11) is -1.49. The highest BCUT2D eigenvalue weighted by Gasteiger charge is 2.11. The molecule has 0 aliphatic heterocycles. The van der Waals surface area contributed by atoms with Gasteiger partial charge < -0.3 is 10.0 Å². The highest BCUT2D eigenvalue weighted by Crippen LogP contribution is 2.11. The molecule has 0 unspecified atom stereocenters. The first-order valence-electron chi connectivity index (χ1n) is 4.35. The minimum atomic E-state index is -1.49. The minimum Gasteiger partial charge on any atom is -0.423 e. The molecule has 2 rings (SSSR count). The molecule has 0 aliphatic rings. The quantitative estimate of drug-likeness (QED) is 0.623. The van der Waals surface area contributed by atoms with Crippen LogP contribution in [0.1, 0.15) is 0 Å². The van der Waals surface area contributed by atoms with Crippen LogP contribution in [0.15, 0.2) is 37.1 Å². The minimum absolute atomic E-state index is 0.392. The van der Waals surface area contributed by atoms with Crippen LogP contribution >= 0.6 is 0 Å². The molecule has 0 saturated heterocycles. The van der Waals surface area contributed by atoms with Crippen molar-refractivity contribution in [2.75, 3.05) is 0 Å². The maximum Gasteiger partial charge on any atom is 0.488 e. The van der Waals surface area contributed by atoms with Crippen molar-refractivity contribution in [2.45, 2.75) is 0 Å². The van der Waals surface area contributed by atoms with Gasteiger partial charge >= 0.3 is 7.12 Å². The fourth-order valence-corrected chi connectivity index (χ4v) is 1.20. The number of aromatic nitrogens is 3. The van der Waals surface area contributed by atoms with Crippen LogP contribution in [0.25, 0.3) is 11.3 Å². The highest BCUT2D eigenvalue weighted by molar-refractivity contribution is 6.58. The fourth-order valence-electron chi connectivity index (χ4n) is 1.20.